The number of likely N-dealkylation sites (tertiary alicyclic amines) is 1. The summed E-state index contributed by atoms with van der Waals surface area (Å²) < 4.78 is 0. The molecule has 0 N–H and O–H groups in total. The lowest BCUT2D eigenvalue weighted by atomic mass is 9.86. The Hall–Kier alpha value is -0.0400. The molecule has 1 unspecified atom stereocenters. The Bertz CT molecular complexity index is 149. The van der Waals surface area contributed by atoms with Crippen LogP contribution in [0.3, 0.4) is 0 Å². The van der Waals surface area contributed by atoms with Crippen LogP contribution >= 0.6 is 0 Å². The van der Waals surface area contributed by atoms with Gasteiger partial charge in [-0.05, 0) is 57.2 Å². The van der Waals surface area contributed by atoms with Crippen molar-refractivity contribution in [3.8, 4) is 0 Å². The molecule has 2 aliphatic rings. The number of hydrogen-bond acceptors (Lipinski definition) is 1. The van der Waals surface area contributed by atoms with Gasteiger partial charge in [0.05, 0.1) is 0 Å². The predicted octanol–water partition coefficient (Wildman–Crippen LogP) is 2.13. The third kappa shape index (κ3) is 1.31. The van der Waals surface area contributed by atoms with Crippen LogP contribution in [0.25, 0.3) is 0 Å². The van der Waals surface area contributed by atoms with E-state index in [4.69, 9.17) is 0 Å². The number of hydrogen-bond donors (Lipinski definition) is 0. The van der Waals surface area contributed by atoms with Gasteiger partial charge in [-0.1, -0.05) is 6.92 Å². The van der Waals surface area contributed by atoms with E-state index in [1.54, 1.807) is 0 Å². The topological polar surface area (TPSA) is 3.24 Å². The zero-order valence-electron chi connectivity index (χ0n) is 7.77. The van der Waals surface area contributed by atoms with E-state index in [2.05, 4.69) is 18.9 Å². The van der Waals surface area contributed by atoms with Gasteiger partial charge in [-0.2, -0.15) is 0 Å². The van der Waals surface area contributed by atoms with Crippen LogP contribution in [0.15, 0.2) is 0 Å². The van der Waals surface area contributed by atoms with E-state index in [9.17, 15) is 0 Å². The molecule has 0 aromatic rings. The maximum atomic E-state index is 2.49. The summed E-state index contributed by atoms with van der Waals surface area (Å²) >= 11 is 0. The summed E-state index contributed by atoms with van der Waals surface area (Å²) in [5.41, 5.74) is 0.810. The first kappa shape index (κ1) is 7.60. The zero-order valence-corrected chi connectivity index (χ0v) is 7.77. The molecule has 1 heterocycles. The number of nitrogens with zero attached hydrogens (tertiary/aromatic N) is 1. The molecule has 0 aromatic heterocycles. The second kappa shape index (κ2) is 2.48. The van der Waals surface area contributed by atoms with Crippen LogP contribution in [-0.4, -0.2) is 25.0 Å². The molecule has 0 amide bonds. The quantitative estimate of drug-likeness (QED) is 0.515. The largest absolute Gasteiger partial charge is 0.306 e. The lowest BCUT2D eigenvalue weighted by Crippen LogP contribution is -2.18. The van der Waals surface area contributed by atoms with E-state index in [-0.39, 0.29) is 0 Å². The molecule has 0 bridgehead atoms. The molecule has 1 nitrogen and oxygen atoms in total. The Kier molecular flexibility index (Phi) is 1.71. The van der Waals surface area contributed by atoms with Gasteiger partial charge in [0.2, 0.25) is 0 Å². The van der Waals surface area contributed by atoms with Crippen molar-refractivity contribution in [2.75, 3.05) is 20.1 Å². The van der Waals surface area contributed by atoms with Gasteiger partial charge >= 0.3 is 0 Å². The lowest BCUT2D eigenvalue weighted by Gasteiger charge is -2.18. The molecule has 1 spiro atoms. The van der Waals surface area contributed by atoms with E-state index in [0.717, 1.165) is 11.3 Å². The third-order valence-corrected chi connectivity index (χ3v) is 3.87. The van der Waals surface area contributed by atoms with Crippen molar-refractivity contribution < 1.29 is 0 Å². The molecule has 2 fully saturated rings. The standard InChI is InChI=1S/C10H19N/c1-9-3-7-11(2)8-6-10(9)4-5-10/h9H,3-8H2,1-2H3. The Balaban J connectivity index is 2.01. The Labute approximate surface area is 69.8 Å². The van der Waals surface area contributed by atoms with Crippen LogP contribution < -0.4 is 0 Å². The molecule has 1 atom stereocenters. The summed E-state index contributed by atoms with van der Waals surface area (Å²) in [6.45, 7) is 5.11. The molecule has 2 rings (SSSR count). The van der Waals surface area contributed by atoms with Crippen molar-refractivity contribution in [1.82, 2.24) is 4.90 Å². The van der Waals surface area contributed by atoms with Crippen molar-refractivity contribution in [3.63, 3.8) is 0 Å². The minimum absolute atomic E-state index is 0.810. The van der Waals surface area contributed by atoms with Crippen molar-refractivity contribution in [2.45, 2.75) is 32.6 Å². The molecular weight excluding hydrogens is 134 g/mol. The SMILES string of the molecule is CC1CCN(C)CCC12CC2. The fourth-order valence-electron chi connectivity index (χ4n) is 2.40. The minimum Gasteiger partial charge on any atom is -0.306 e. The molecule has 0 aromatic carbocycles. The zero-order chi connectivity index (χ0) is 7.90. The smallest absolute Gasteiger partial charge is 0.00164 e. The molecule has 64 valence electrons. The maximum absolute atomic E-state index is 2.49. The van der Waals surface area contributed by atoms with Gasteiger partial charge in [-0.25, -0.2) is 0 Å². The average Bonchev–Trinajstić information content (AvgIpc) is 2.77. The van der Waals surface area contributed by atoms with Crippen LogP contribution in [0.1, 0.15) is 32.6 Å². The summed E-state index contributed by atoms with van der Waals surface area (Å²) in [4.78, 5) is 2.49. The molecule has 0 radical (unpaired) electrons. The van der Waals surface area contributed by atoms with Crippen molar-refractivity contribution in [1.29, 1.82) is 0 Å². The first-order valence-electron chi connectivity index (χ1n) is 4.91. The fraction of sp³-hybridized carbons (Fsp3) is 1.00. The maximum Gasteiger partial charge on any atom is -0.00164 e. The van der Waals surface area contributed by atoms with Gasteiger partial charge in [0.1, 0.15) is 0 Å². The molecule has 1 aliphatic heterocycles. The van der Waals surface area contributed by atoms with Crippen LogP contribution in [0.5, 0.6) is 0 Å². The van der Waals surface area contributed by atoms with Gasteiger partial charge in [0.15, 0.2) is 0 Å². The molecular formula is C10H19N. The van der Waals surface area contributed by atoms with Gasteiger partial charge < -0.3 is 4.90 Å². The van der Waals surface area contributed by atoms with Crippen molar-refractivity contribution in [2.24, 2.45) is 11.3 Å². The van der Waals surface area contributed by atoms with Crippen LogP contribution in [0.4, 0.5) is 0 Å². The van der Waals surface area contributed by atoms with Crippen LogP contribution in [0, 0.1) is 11.3 Å². The first-order valence-corrected chi connectivity index (χ1v) is 4.91. The summed E-state index contributed by atoms with van der Waals surface area (Å²) in [6.07, 6.45) is 5.92. The van der Waals surface area contributed by atoms with Crippen molar-refractivity contribution >= 4 is 0 Å². The van der Waals surface area contributed by atoms with E-state index >= 15 is 0 Å². The van der Waals surface area contributed by atoms with Gasteiger partial charge in [0, 0.05) is 0 Å². The highest BCUT2D eigenvalue weighted by molar-refractivity contribution is 4.98. The highest BCUT2D eigenvalue weighted by atomic mass is 15.1. The normalized spacial score (nSPS) is 37.1. The molecule has 11 heavy (non-hydrogen) atoms. The monoisotopic (exact) mass is 153 g/mol. The van der Waals surface area contributed by atoms with Crippen LogP contribution in [-0.2, 0) is 0 Å². The summed E-state index contributed by atoms with van der Waals surface area (Å²) in [7, 11) is 2.26. The Morgan fingerprint density at radius 2 is 1.91 bits per heavy atom. The Morgan fingerprint density at radius 1 is 1.18 bits per heavy atom. The fourth-order valence-corrected chi connectivity index (χ4v) is 2.40. The summed E-state index contributed by atoms with van der Waals surface area (Å²) in [5, 5.41) is 0. The van der Waals surface area contributed by atoms with E-state index < -0.39 is 0 Å². The lowest BCUT2D eigenvalue weighted by molar-refractivity contribution is 0.320. The molecule has 1 saturated carbocycles. The predicted molar refractivity (Wildman–Crippen MR) is 47.6 cm³/mol. The van der Waals surface area contributed by atoms with Gasteiger partial charge in [-0.3, -0.25) is 0 Å². The van der Waals surface area contributed by atoms with Gasteiger partial charge in [-0.15, -0.1) is 0 Å². The molecule has 1 aliphatic carbocycles. The highest BCUT2D eigenvalue weighted by Gasteiger charge is 2.47. The second-order valence-electron chi connectivity index (χ2n) is 4.61. The third-order valence-electron chi connectivity index (χ3n) is 3.87. The average molecular weight is 153 g/mol. The molecule has 1 heteroatoms. The van der Waals surface area contributed by atoms with E-state index in [0.29, 0.717) is 0 Å². The van der Waals surface area contributed by atoms with Crippen LogP contribution in [0.2, 0.25) is 0 Å². The van der Waals surface area contributed by atoms with E-state index in [1.807, 2.05) is 0 Å². The Morgan fingerprint density at radius 3 is 2.55 bits per heavy atom. The van der Waals surface area contributed by atoms with E-state index in [1.165, 1.54) is 38.8 Å². The van der Waals surface area contributed by atoms with Crippen molar-refractivity contribution in [3.05, 3.63) is 0 Å². The first-order chi connectivity index (χ1) is 5.23. The van der Waals surface area contributed by atoms with Gasteiger partial charge in [0.25, 0.3) is 0 Å². The summed E-state index contributed by atoms with van der Waals surface area (Å²) in [6, 6.07) is 0. The molecule has 1 saturated heterocycles. The summed E-state index contributed by atoms with van der Waals surface area (Å²) in [5.74, 6) is 0.993. The number of rotatable bonds is 0. The second-order valence-corrected chi connectivity index (χ2v) is 4.61. The highest BCUT2D eigenvalue weighted by Crippen LogP contribution is 2.56. The minimum atomic E-state index is 0.810.